The highest BCUT2D eigenvalue weighted by molar-refractivity contribution is 5.89. The van der Waals surface area contributed by atoms with E-state index in [2.05, 4.69) is 10.6 Å². The lowest BCUT2D eigenvalue weighted by Crippen LogP contribution is -2.41. The van der Waals surface area contributed by atoms with E-state index in [0.29, 0.717) is 19.6 Å². The quantitative estimate of drug-likeness (QED) is 0.794. The Hall–Kier alpha value is -2.08. The second kappa shape index (κ2) is 8.97. The number of nitrogens with zero attached hydrogens (tertiary/aromatic N) is 2. The Morgan fingerprint density at radius 3 is 2.29 bits per heavy atom. The number of carbonyl (C=O) groups is 2. The standard InChI is InChI=1S/C15H24N4O2/c1-13(20)19(12-11-18(2)3)10-9-16-15(21)17-14-7-5-4-6-8-14/h4-8H,9-12H2,1-3H3,(H2,16,17,21). The second-order valence-corrected chi connectivity index (χ2v) is 5.06. The molecule has 3 amide bonds. The van der Waals surface area contributed by atoms with Crippen molar-refractivity contribution in [3.63, 3.8) is 0 Å². The Kier molecular flexibility index (Phi) is 7.25. The molecule has 1 aromatic carbocycles. The zero-order valence-electron chi connectivity index (χ0n) is 12.9. The van der Waals surface area contributed by atoms with E-state index < -0.39 is 0 Å². The number of likely N-dealkylation sites (N-methyl/N-ethyl adjacent to an activating group) is 1. The number of anilines is 1. The summed E-state index contributed by atoms with van der Waals surface area (Å²) in [6.45, 7) is 3.93. The van der Waals surface area contributed by atoms with Crippen molar-refractivity contribution in [3.05, 3.63) is 30.3 Å². The predicted molar refractivity (Wildman–Crippen MR) is 84.3 cm³/mol. The molecule has 0 fully saturated rings. The topological polar surface area (TPSA) is 64.7 Å². The van der Waals surface area contributed by atoms with Gasteiger partial charge in [0.25, 0.3) is 0 Å². The number of amides is 3. The van der Waals surface area contributed by atoms with Gasteiger partial charge >= 0.3 is 6.03 Å². The minimum atomic E-state index is -0.266. The van der Waals surface area contributed by atoms with Gasteiger partial charge in [0.2, 0.25) is 5.91 Å². The summed E-state index contributed by atoms with van der Waals surface area (Å²) in [6, 6.07) is 8.97. The molecule has 0 aliphatic rings. The summed E-state index contributed by atoms with van der Waals surface area (Å²) in [5.74, 6) is 0.0158. The van der Waals surface area contributed by atoms with Crippen LogP contribution in [0.4, 0.5) is 10.5 Å². The average molecular weight is 292 g/mol. The zero-order valence-corrected chi connectivity index (χ0v) is 12.9. The molecule has 1 rings (SSSR count). The van der Waals surface area contributed by atoms with Crippen molar-refractivity contribution in [1.82, 2.24) is 15.1 Å². The van der Waals surface area contributed by atoms with Gasteiger partial charge in [-0.3, -0.25) is 4.79 Å². The molecule has 0 atom stereocenters. The molecule has 1 aromatic rings. The molecular weight excluding hydrogens is 268 g/mol. The maximum atomic E-state index is 11.7. The van der Waals surface area contributed by atoms with E-state index in [1.165, 1.54) is 0 Å². The number of nitrogens with one attached hydrogen (secondary N) is 2. The lowest BCUT2D eigenvalue weighted by atomic mass is 10.3. The van der Waals surface area contributed by atoms with Crippen LogP contribution in [0.2, 0.25) is 0 Å². The SMILES string of the molecule is CC(=O)N(CCNC(=O)Nc1ccccc1)CCN(C)C. The van der Waals surface area contributed by atoms with Gasteiger partial charge in [-0.15, -0.1) is 0 Å². The molecule has 0 bridgehead atoms. The van der Waals surface area contributed by atoms with Crippen molar-refractivity contribution in [2.45, 2.75) is 6.92 Å². The van der Waals surface area contributed by atoms with E-state index in [4.69, 9.17) is 0 Å². The van der Waals surface area contributed by atoms with E-state index in [-0.39, 0.29) is 11.9 Å². The molecule has 0 unspecified atom stereocenters. The first-order chi connectivity index (χ1) is 9.99. The molecule has 6 nitrogen and oxygen atoms in total. The van der Waals surface area contributed by atoms with Crippen LogP contribution < -0.4 is 10.6 Å². The fourth-order valence-electron chi connectivity index (χ4n) is 1.75. The van der Waals surface area contributed by atoms with Crippen LogP contribution in [0.15, 0.2) is 30.3 Å². The zero-order chi connectivity index (χ0) is 15.7. The van der Waals surface area contributed by atoms with Gasteiger partial charge in [-0.05, 0) is 26.2 Å². The maximum absolute atomic E-state index is 11.7. The van der Waals surface area contributed by atoms with Crippen molar-refractivity contribution >= 4 is 17.6 Å². The summed E-state index contributed by atoms with van der Waals surface area (Å²) < 4.78 is 0. The van der Waals surface area contributed by atoms with Crippen molar-refractivity contribution in [3.8, 4) is 0 Å². The molecule has 0 aromatic heterocycles. The average Bonchev–Trinajstić information content (AvgIpc) is 2.43. The Morgan fingerprint density at radius 2 is 1.71 bits per heavy atom. The van der Waals surface area contributed by atoms with Crippen LogP contribution in [-0.2, 0) is 4.79 Å². The Balaban J connectivity index is 2.29. The number of hydrogen-bond acceptors (Lipinski definition) is 3. The fourth-order valence-corrected chi connectivity index (χ4v) is 1.75. The minimum Gasteiger partial charge on any atom is -0.340 e. The molecule has 0 radical (unpaired) electrons. The van der Waals surface area contributed by atoms with Gasteiger partial charge in [0, 0.05) is 38.8 Å². The number of urea groups is 1. The lowest BCUT2D eigenvalue weighted by Gasteiger charge is -2.23. The predicted octanol–water partition coefficient (Wildman–Crippen LogP) is 1.22. The highest BCUT2D eigenvalue weighted by atomic mass is 16.2. The monoisotopic (exact) mass is 292 g/mol. The lowest BCUT2D eigenvalue weighted by molar-refractivity contribution is -0.128. The van der Waals surface area contributed by atoms with E-state index >= 15 is 0 Å². The van der Waals surface area contributed by atoms with Crippen molar-refractivity contribution < 1.29 is 9.59 Å². The van der Waals surface area contributed by atoms with Crippen LogP contribution >= 0.6 is 0 Å². The van der Waals surface area contributed by atoms with Gasteiger partial charge in [-0.1, -0.05) is 18.2 Å². The first-order valence-corrected chi connectivity index (χ1v) is 6.99. The van der Waals surface area contributed by atoms with Gasteiger partial charge in [0.1, 0.15) is 0 Å². The van der Waals surface area contributed by atoms with E-state index in [1.807, 2.05) is 49.3 Å². The maximum Gasteiger partial charge on any atom is 0.319 e. The normalized spacial score (nSPS) is 10.3. The van der Waals surface area contributed by atoms with Gasteiger partial charge < -0.3 is 20.4 Å². The molecule has 2 N–H and O–H groups in total. The van der Waals surface area contributed by atoms with E-state index in [1.54, 1.807) is 11.8 Å². The minimum absolute atomic E-state index is 0.0158. The Morgan fingerprint density at radius 1 is 1.05 bits per heavy atom. The molecule has 21 heavy (non-hydrogen) atoms. The van der Waals surface area contributed by atoms with Crippen LogP contribution in [0.5, 0.6) is 0 Å². The fraction of sp³-hybridized carbons (Fsp3) is 0.467. The third-order valence-corrected chi connectivity index (χ3v) is 2.96. The number of para-hydroxylation sites is 1. The van der Waals surface area contributed by atoms with Crippen LogP contribution in [0.1, 0.15) is 6.92 Å². The first kappa shape index (κ1) is 17.0. The molecule has 0 spiro atoms. The van der Waals surface area contributed by atoms with Crippen molar-refractivity contribution in [1.29, 1.82) is 0 Å². The van der Waals surface area contributed by atoms with E-state index in [9.17, 15) is 9.59 Å². The molecule has 0 heterocycles. The third-order valence-electron chi connectivity index (χ3n) is 2.96. The highest BCUT2D eigenvalue weighted by Crippen LogP contribution is 2.03. The van der Waals surface area contributed by atoms with Gasteiger partial charge in [-0.2, -0.15) is 0 Å². The summed E-state index contributed by atoms with van der Waals surface area (Å²) in [4.78, 5) is 26.9. The van der Waals surface area contributed by atoms with Crippen LogP contribution in [0, 0.1) is 0 Å². The highest BCUT2D eigenvalue weighted by Gasteiger charge is 2.09. The molecule has 0 saturated carbocycles. The Bertz CT molecular complexity index is 448. The molecule has 6 heteroatoms. The molecule has 0 aliphatic carbocycles. The third kappa shape index (κ3) is 7.31. The number of rotatable bonds is 7. The smallest absolute Gasteiger partial charge is 0.319 e. The molecular formula is C15H24N4O2. The second-order valence-electron chi connectivity index (χ2n) is 5.06. The molecule has 116 valence electrons. The number of hydrogen-bond donors (Lipinski definition) is 2. The largest absolute Gasteiger partial charge is 0.340 e. The summed E-state index contributed by atoms with van der Waals surface area (Å²) in [5, 5.41) is 5.48. The van der Waals surface area contributed by atoms with Crippen LogP contribution in [-0.4, -0.2) is 62.0 Å². The summed E-state index contributed by atoms with van der Waals surface area (Å²) >= 11 is 0. The summed E-state index contributed by atoms with van der Waals surface area (Å²) in [6.07, 6.45) is 0. The van der Waals surface area contributed by atoms with E-state index in [0.717, 1.165) is 12.2 Å². The van der Waals surface area contributed by atoms with Crippen molar-refractivity contribution in [2.75, 3.05) is 45.6 Å². The van der Waals surface area contributed by atoms with Gasteiger partial charge in [0.05, 0.1) is 0 Å². The molecule has 0 saturated heterocycles. The number of carbonyl (C=O) groups excluding carboxylic acids is 2. The van der Waals surface area contributed by atoms with Crippen molar-refractivity contribution in [2.24, 2.45) is 0 Å². The van der Waals surface area contributed by atoms with Crippen LogP contribution in [0.25, 0.3) is 0 Å². The van der Waals surface area contributed by atoms with Gasteiger partial charge in [0.15, 0.2) is 0 Å². The summed E-state index contributed by atoms with van der Waals surface area (Å²) in [7, 11) is 3.92. The van der Waals surface area contributed by atoms with Gasteiger partial charge in [-0.25, -0.2) is 4.79 Å². The Labute approximate surface area is 126 Å². The van der Waals surface area contributed by atoms with Crippen LogP contribution in [0.3, 0.4) is 0 Å². The number of benzene rings is 1. The first-order valence-electron chi connectivity index (χ1n) is 6.99. The molecule has 0 aliphatic heterocycles. The summed E-state index contributed by atoms with van der Waals surface area (Å²) in [5.41, 5.74) is 0.742.